The van der Waals surface area contributed by atoms with Gasteiger partial charge in [-0.05, 0) is 43.4 Å². The number of hydrogen-bond acceptors (Lipinski definition) is 3. The Morgan fingerprint density at radius 1 is 1.39 bits per heavy atom. The van der Waals surface area contributed by atoms with Gasteiger partial charge in [0, 0.05) is 0 Å². The van der Waals surface area contributed by atoms with E-state index in [0.717, 1.165) is 25.7 Å². The van der Waals surface area contributed by atoms with Crippen LogP contribution in [0.15, 0.2) is 24.3 Å². The molecule has 0 spiro atoms. The molecule has 1 amide bonds. The molecular formula is C18H26FNO3. The summed E-state index contributed by atoms with van der Waals surface area (Å²) in [4.78, 5) is 12.3. The van der Waals surface area contributed by atoms with Gasteiger partial charge in [0.1, 0.15) is 5.82 Å². The fourth-order valence-corrected chi connectivity index (χ4v) is 3.39. The summed E-state index contributed by atoms with van der Waals surface area (Å²) < 4.78 is 13.2. The Morgan fingerprint density at radius 2 is 2.09 bits per heavy atom. The van der Waals surface area contributed by atoms with Gasteiger partial charge in [0.15, 0.2) is 0 Å². The molecule has 0 aliphatic heterocycles. The minimum absolute atomic E-state index is 0.126. The van der Waals surface area contributed by atoms with E-state index in [1.165, 1.54) is 24.6 Å². The van der Waals surface area contributed by atoms with Crippen LogP contribution in [-0.2, 0) is 4.79 Å². The van der Waals surface area contributed by atoms with Crippen LogP contribution in [-0.4, -0.2) is 28.3 Å². The lowest BCUT2D eigenvalue weighted by atomic mass is 9.76. The van der Waals surface area contributed by atoms with Crippen molar-refractivity contribution in [2.45, 2.75) is 57.1 Å². The molecule has 23 heavy (non-hydrogen) atoms. The van der Waals surface area contributed by atoms with Gasteiger partial charge in [0.05, 0.1) is 24.7 Å². The maximum Gasteiger partial charge on any atom is 0.223 e. The van der Waals surface area contributed by atoms with Crippen LogP contribution in [0.4, 0.5) is 4.39 Å². The highest BCUT2D eigenvalue weighted by molar-refractivity contribution is 5.77. The van der Waals surface area contributed by atoms with Gasteiger partial charge < -0.3 is 15.5 Å². The number of carbonyl (C=O) groups excluding carboxylic acids is 1. The zero-order valence-electron chi connectivity index (χ0n) is 13.6. The Kier molecular flexibility index (Phi) is 6.13. The fraction of sp³-hybridized carbons (Fsp3) is 0.611. The minimum Gasteiger partial charge on any atom is -0.394 e. The van der Waals surface area contributed by atoms with Gasteiger partial charge in [-0.2, -0.15) is 0 Å². The van der Waals surface area contributed by atoms with Crippen LogP contribution in [0.25, 0.3) is 0 Å². The molecule has 4 nitrogen and oxygen atoms in total. The summed E-state index contributed by atoms with van der Waals surface area (Å²) in [6.07, 6.45) is 4.20. The second kappa shape index (κ2) is 7.88. The van der Waals surface area contributed by atoms with Crippen molar-refractivity contribution in [2.24, 2.45) is 5.92 Å². The number of benzene rings is 1. The lowest BCUT2D eigenvalue weighted by molar-refractivity contribution is -0.126. The molecule has 2 rings (SSSR count). The molecule has 1 fully saturated rings. The van der Waals surface area contributed by atoms with E-state index in [4.69, 9.17) is 0 Å². The molecule has 0 bridgehead atoms. The molecule has 0 heterocycles. The molecule has 1 aliphatic carbocycles. The summed E-state index contributed by atoms with van der Waals surface area (Å²) in [6, 6.07) is 5.62. The second-order valence-electron chi connectivity index (χ2n) is 6.73. The molecule has 128 valence electrons. The number of aliphatic hydroxyl groups is 2. The van der Waals surface area contributed by atoms with Crippen LogP contribution in [0.1, 0.15) is 57.1 Å². The maximum absolute atomic E-state index is 13.2. The fourth-order valence-electron chi connectivity index (χ4n) is 3.39. The van der Waals surface area contributed by atoms with Gasteiger partial charge in [-0.15, -0.1) is 0 Å². The van der Waals surface area contributed by atoms with Crippen LogP contribution >= 0.6 is 0 Å². The molecule has 1 aliphatic rings. The summed E-state index contributed by atoms with van der Waals surface area (Å²) >= 11 is 0. The smallest absolute Gasteiger partial charge is 0.223 e. The van der Waals surface area contributed by atoms with Crippen LogP contribution in [0, 0.1) is 11.7 Å². The summed E-state index contributed by atoms with van der Waals surface area (Å²) in [5.41, 5.74) is -0.289. The highest BCUT2D eigenvalue weighted by Crippen LogP contribution is 2.32. The number of nitrogens with one attached hydrogen (secondary N) is 1. The number of hydrogen-bond donors (Lipinski definition) is 3. The Bertz CT molecular complexity index is 531. The SMILES string of the molecule is CC(CO)(NC(=O)CC(O)c1cccc(F)c1)C1CCCCC1. The van der Waals surface area contributed by atoms with Crippen molar-refractivity contribution >= 4 is 5.91 Å². The molecule has 0 radical (unpaired) electrons. The number of amides is 1. The molecule has 1 saturated carbocycles. The molecule has 5 heteroatoms. The van der Waals surface area contributed by atoms with Crippen LogP contribution in [0.5, 0.6) is 0 Å². The van der Waals surface area contributed by atoms with Gasteiger partial charge in [-0.3, -0.25) is 4.79 Å². The van der Waals surface area contributed by atoms with Crippen LogP contribution < -0.4 is 5.32 Å². The third-order valence-electron chi connectivity index (χ3n) is 4.87. The molecular weight excluding hydrogens is 297 g/mol. The van der Waals surface area contributed by atoms with E-state index in [1.54, 1.807) is 6.07 Å². The summed E-state index contributed by atoms with van der Waals surface area (Å²) in [5.74, 6) is -0.523. The first-order valence-electron chi connectivity index (χ1n) is 8.30. The van der Waals surface area contributed by atoms with E-state index in [-0.39, 0.29) is 24.9 Å². The van der Waals surface area contributed by atoms with E-state index < -0.39 is 17.5 Å². The first-order valence-corrected chi connectivity index (χ1v) is 8.30. The zero-order valence-corrected chi connectivity index (χ0v) is 13.6. The highest BCUT2D eigenvalue weighted by Gasteiger charge is 2.36. The summed E-state index contributed by atoms with van der Waals surface area (Å²) in [6.45, 7) is 1.73. The monoisotopic (exact) mass is 323 g/mol. The predicted octanol–water partition coefficient (Wildman–Crippen LogP) is 2.70. The number of rotatable bonds is 6. The molecule has 1 aromatic rings. The second-order valence-corrected chi connectivity index (χ2v) is 6.73. The van der Waals surface area contributed by atoms with Crippen LogP contribution in [0.2, 0.25) is 0 Å². The van der Waals surface area contributed by atoms with Gasteiger partial charge in [0.2, 0.25) is 5.91 Å². The third kappa shape index (κ3) is 4.75. The summed E-state index contributed by atoms with van der Waals surface area (Å²) in [7, 11) is 0. The zero-order chi connectivity index (χ0) is 16.9. The molecule has 1 aromatic carbocycles. The predicted molar refractivity (Wildman–Crippen MR) is 86.2 cm³/mol. The lowest BCUT2D eigenvalue weighted by Crippen LogP contribution is -2.54. The average Bonchev–Trinajstić information content (AvgIpc) is 2.55. The van der Waals surface area contributed by atoms with Crippen molar-refractivity contribution in [1.82, 2.24) is 5.32 Å². The molecule has 2 unspecified atom stereocenters. The Hall–Kier alpha value is -1.46. The molecule has 2 atom stereocenters. The number of halogens is 1. The normalized spacial score (nSPS) is 19.8. The van der Waals surface area contributed by atoms with Crippen molar-refractivity contribution in [3.05, 3.63) is 35.6 Å². The van der Waals surface area contributed by atoms with E-state index in [0.29, 0.717) is 5.56 Å². The highest BCUT2D eigenvalue weighted by atomic mass is 19.1. The molecule has 0 saturated heterocycles. The first-order chi connectivity index (χ1) is 10.9. The summed E-state index contributed by atoms with van der Waals surface area (Å²) in [5, 5.41) is 22.7. The van der Waals surface area contributed by atoms with Gasteiger partial charge in [-0.1, -0.05) is 31.4 Å². The Balaban J connectivity index is 1.96. The largest absolute Gasteiger partial charge is 0.394 e. The first kappa shape index (κ1) is 17.9. The Labute approximate surface area is 136 Å². The quantitative estimate of drug-likeness (QED) is 0.754. The Morgan fingerprint density at radius 3 is 2.70 bits per heavy atom. The molecule has 3 N–H and O–H groups in total. The topological polar surface area (TPSA) is 69.6 Å². The number of aliphatic hydroxyl groups excluding tert-OH is 2. The van der Waals surface area contributed by atoms with Crippen molar-refractivity contribution < 1.29 is 19.4 Å². The van der Waals surface area contributed by atoms with E-state index in [9.17, 15) is 19.4 Å². The van der Waals surface area contributed by atoms with Crippen molar-refractivity contribution in [3.63, 3.8) is 0 Å². The average molecular weight is 323 g/mol. The third-order valence-corrected chi connectivity index (χ3v) is 4.87. The van der Waals surface area contributed by atoms with E-state index in [1.807, 2.05) is 6.92 Å². The van der Waals surface area contributed by atoms with E-state index >= 15 is 0 Å². The van der Waals surface area contributed by atoms with Crippen LogP contribution in [0.3, 0.4) is 0 Å². The molecule has 0 aromatic heterocycles. The van der Waals surface area contributed by atoms with Crippen molar-refractivity contribution in [2.75, 3.05) is 6.61 Å². The number of carbonyl (C=O) groups is 1. The van der Waals surface area contributed by atoms with Crippen molar-refractivity contribution in [1.29, 1.82) is 0 Å². The lowest BCUT2D eigenvalue weighted by Gasteiger charge is -2.39. The minimum atomic E-state index is -1.06. The maximum atomic E-state index is 13.2. The standard InChI is InChI=1S/C18H26FNO3/c1-18(12-21,14-7-3-2-4-8-14)20-17(23)11-16(22)13-6-5-9-15(19)10-13/h5-6,9-10,14,16,21-22H,2-4,7-8,11-12H2,1H3,(H,20,23). The van der Waals surface area contributed by atoms with Crippen molar-refractivity contribution in [3.8, 4) is 0 Å². The van der Waals surface area contributed by atoms with Gasteiger partial charge in [-0.25, -0.2) is 4.39 Å². The van der Waals surface area contributed by atoms with Gasteiger partial charge in [0.25, 0.3) is 0 Å². The van der Waals surface area contributed by atoms with E-state index in [2.05, 4.69) is 5.32 Å². The van der Waals surface area contributed by atoms with Gasteiger partial charge >= 0.3 is 0 Å².